The highest BCUT2D eigenvalue weighted by atomic mass is 15.0. The third kappa shape index (κ3) is 3.63. The first kappa shape index (κ1) is 25.1. The minimum Gasteiger partial charge on any atom is -0.318 e. The Kier molecular flexibility index (Phi) is 5.56. The summed E-state index contributed by atoms with van der Waals surface area (Å²) < 4.78 is 4.39. The van der Waals surface area contributed by atoms with E-state index in [1.807, 2.05) is 72.8 Å². The van der Waals surface area contributed by atoms with Crippen LogP contribution in [0.3, 0.4) is 0 Å². The van der Waals surface area contributed by atoms with Crippen molar-refractivity contribution in [3.05, 3.63) is 156 Å². The molecule has 2 aromatic heterocycles. The quantitative estimate of drug-likeness (QED) is 0.199. The van der Waals surface area contributed by atoms with Crippen LogP contribution in [0.15, 0.2) is 127 Å². The van der Waals surface area contributed by atoms with Crippen LogP contribution in [0, 0.1) is 24.5 Å². The number of aromatic nitrogens is 2. The van der Waals surface area contributed by atoms with Gasteiger partial charge >= 0.3 is 0 Å². The number of rotatable bonds is 3. The molecule has 0 radical (unpaired) electrons. The molecule has 2 heterocycles. The molecule has 8 aromatic rings. The van der Waals surface area contributed by atoms with Crippen molar-refractivity contribution in [2.45, 2.75) is 0 Å². The van der Waals surface area contributed by atoms with E-state index in [1.165, 1.54) is 0 Å². The van der Waals surface area contributed by atoms with Crippen LogP contribution in [0.2, 0.25) is 0 Å². The van der Waals surface area contributed by atoms with Gasteiger partial charge in [-0.15, -0.1) is 0 Å². The van der Waals surface area contributed by atoms with Gasteiger partial charge in [0.2, 0.25) is 5.69 Å². The fourth-order valence-electron chi connectivity index (χ4n) is 6.47. The molecule has 0 spiro atoms. The van der Waals surface area contributed by atoms with E-state index in [1.54, 1.807) is 0 Å². The van der Waals surface area contributed by atoms with Crippen molar-refractivity contribution in [1.82, 2.24) is 9.13 Å². The maximum atomic E-state index is 9.51. The monoisotopic (exact) mass is 559 g/mol. The van der Waals surface area contributed by atoms with Gasteiger partial charge in [-0.05, 0) is 71.1 Å². The Morgan fingerprint density at radius 1 is 0.545 bits per heavy atom. The number of benzene rings is 6. The second-order valence-electron chi connectivity index (χ2n) is 10.7. The lowest BCUT2D eigenvalue weighted by Crippen LogP contribution is -1.98. The lowest BCUT2D eigenvalue weighted by molar-refractivity contribution is 1.17. The molecule has 5 nitrogen and oxygen atoms in total. The highest BCUT2D eigenvalue weighted by Crippen LogP contribution is 2.42. The molecule has 0 N–H and O–H groups in total. The van der Waals surface area contributed by atoms with Crippen LogP contribution >= 0.6 is 0 Å². The van der Waals surface area contributed by atoms with E-state index >= 15 is 0 Å². The van der Waals surface area contributed by atoms with Gasteiger partial charge in [0.1, 0.15) is 0 Å². The SMILES string of the molecule is [C-]#[N+]c1ccc2c(c1)c1ccccc1n2-c1c([N+]#[C-])cccc1-c1ccc(-n2c3ccccc3c3cc(C#N)ccc32)cc1. The van der Waals surface area contributed by atoms with Gasteiger partial charge in [0.25, 0.3) is 0 Å². The van der Waals surface area contributed by atoms with Gasteiger partial charge in [0.15, 0.2) is 5.69 Å². The predicted molar refractivity (Wildman–Crippen MR) is 178 cm³/mol. The van der Waals surface area contributed by atoms with Crippen molar-refractivity contribution in [3.8, 4) is 28.6 Å². The molecule has 0 aliphatic heterocycles. The summed E-state index contributed by atoms with van der Waals surface area (Å²) in [6.45, 7) is 15.6. The summed E-state index contributed by atoms with van der Waals surface area (Å²) in [4.78, 5) is 7.61. The molecule has 6 aromatic carbocycles. The van der Waals surface area contributed by atoms with Gasteiger partial charge in [0.05, 0.1) is 52.5 Å². The standard InChI is InChI=1S/C39H21N5/c1-41-27-17-21-38-33(23-27)31-9-4-6-13-36(31)44(38)39-29(10-7-11-34(39)42-2)26-15-18-28(19-16-26)43-35-12-5-3-8-30(35)32-22-25(24-40)14-20-37(32)43/h3-23H. The van der Waals surface area contributed by atoms with Crippen LogP contribution in [0.25, 0.3) is 75.8 Å². The van der Waals surface area contributed by atoms with Gasteiger partial charge < -0.3 is 9.13 Å². The van der Waals surface area contributed by atoms with Crippen LogP contribution in [0.1, 0.15) is 5.56 Å². The van der Waals surface area contributed by atoms with Crippen LogP contribution in [-0.2, 0) is 0 Å². The first-order valence-electron chi connectivity index (χ1n) is 14.2. The average Bonchev–Trinajstić information content (AvgIpc) is 3.60. The highest BCUT2D eigenvalue weighted by molar-refractivity contribution is 6.12. The third-order valence-corrected chi connectivity index (χ3v) is 8.38. The maximum absolute atomic E-state index is 9.51. The first-order chi connectivity index (χ1) is 21.7. The smallest absolute Gasteiger partial charge is 0.211 e. The van der Waals surface area contributed by atoms with E-state index < -0.39 is 0 Å². The second-order valence-corrected chi connectivity index (χ2v) is 10.7. The minimum atomic E-state index is 0.555. The number of fused-ring (bicyclic) bond motifs is 6. The third-order valence-electron chi connectivity index (χ3n) is 8.38. The fourth-order valence-corrected chi connectivity index (χ4v) is 6.47. The van der Waals surface area contributed by atoms with Gasteiger partial charge in [0, 0.05) is 21.8 Å². The summed E-state index contributed by atoms with van der Waals surface area (Å²) in [6, 6.07) is 44.6. The Morgan fingerprint density at radius 2 is 1.18 bits per heavy atom. The zero-order chi connectivity index (χ0) is 29.8. The Balaban J connectivity index is 1.35. The Bertz CT molecular complexity index is 2580. The van der Waals surface area contributed by atoms with E-state index in [9.17, 15) is 5.26 Å². The van der Waals surface area contributed by atoms with Gasteiger partial charge in [-0.25, -0.2) is 9.69 Å². The number of nitrogens with zero attached hydrogens (tertiary/aromatic N) is 5. The zero-order valence-electron chi connectivity index (χ0n) is 23.4. The molecule has 0 unspecified atom stereocenters. The Morgan fingerprint density at radius 3 is 1.89 bits per heavy atom. The van der Waals surface area contributed by atoms with E-state index in [0.717, 1.165) is 66.1 Å². The highest BCUT2D eigenvalue weighted by Gasteiger charge is 2.19. The van der Waals surface area contributed by atoms with Crippen molar-refractivity contribution < 1.29 is 0 Å². The average molecular weight is 560 g/mol. The zero-order valence-corrected chi connectivity index (χ0v) is 23.4. The van der Waals surface area contributed by atoms with Crippen molar-refractivity contribution in [2.24, 2.45) is 0 Å². The van der Waals surface area contributed by atoms with Crippen molar-refractivity contribution in [1.29, 1.82) is 5.26 Å². The summed E-state index contributed by atoms with van der Waals surface area (Å²) in [5.74, 6) is 0. The number of nitriles is 1. The fraction of sp³-hybridized carbons (Fsp3) is 0. The Labute approximate surface area is 253 Å². The maximum Gasteiger partial charge on any atom is 0.211 e. The normalized spacial score (nSPS) is 11.1. The van der Waals surface area contributed by atoms with E-state index in [-0.39, 0.29) is 0 Å². The van der Waals surface area contributed by atoms with Crippen LogP contribution in [0.5, 0.6) is 0 Å². The molecule has 202 valence electrons. The molecule has 0 amide bonds. The van der Waals surface area contributed by atoms with E-state index in [0.29, 0.717) is 16.9 Å². The summed E-state index contributed by atoms with van der Waals surface area (Å²) in [6.07, 6.45) is 0. The van der Waals surface area contributed by atoms with Gasteiger partial charge in [-0.1, -0.05) is 72.8 Å². The van der Waals surface area contributed by atoms with Gasteiger partial charge in [-0.2, -0.15) is 5.26 Å². The first-order valence-corrected chi connectivity index (χ1v) is 14.2. The Hall–Kier alpha value is -6.61. The predicted octanol–water partition coefficient (Wildman–Crippen LogP) is 10.5. The molecular formula is C39H21N5. The summed E-state index contributed by atoms with van der Waals surface area (Å²) in [5, 5.41) is 13.7. The number of hydrogen-bond acceptors (Lipinski definition) is 1. The molecule has 5 heteroatoms. The van der Waals surface area contributed by atoms with Crippen LogP contribution < -0.4 is 0 Å². The molecule has 8 rings (SSSR count). The second kappa shape index (κ2) is 9.74. The summed E-state index contributed by atoms with van der Waals surface area (Å²) >= 11 is 0. The molecule has 44 heavy (non-hydrogen) atoms. The molecule has 0 bridgehead atoms. The molecule has 0 aliphatic carbocycles. The lowest BCUT2D eigenvalue weighted by Gasteiger charge is -2.17. The molecule has 0 saturated heterocycles. The van der Waals surface area contributed by atoms with E-state index in [4.69, 9.17) is 13.1 Å². The van der Waals surface area contributed by atoms with Crippen LogP contribution in [-0.4, -0.2) is 9.13 Å². The molecule has 0 atom stereocenters. The molecular weight excluding hydrogens is 538 g/mol. The number of para-hydroxylation sites is 3. The summed E-state index contributed by atoms with van der Waals surface area (Å²) in [5.41, 5.74) is 9.60. The molecule has 0 saturated carbocycles. The molecule has 0 fully saturated rings. The van der Waals surface area contributed by atoms with Crippen molar-refractivity contribution in [3.63, 3.8) is 0 Å². The van der Waals surface area contributed by atoms with Crippen LogP contribution in [0.4, 0.5) is 11.4 Å². The van der Waals surface area contributed by atoms with Crippen molar-refractivity contribution >= 4 is 55.0 Å². The van der Waals surface area contributed by atoms with Gasteiger partial charge in [-0.3, -0.25) is 0 Å². The minimum absolute atomic E-state index is 0.555. The number of hydrogen-bond donors (Lipinski definition) is 0. The topological polar surface area (TPSA) is 42.4 Å². The summed E-state index contributed by atoms with van der Waals surface area (Å²) in [7, 11) is 0. The van der Waals surface area contributed by atoms with E-state index in [2.05, 4.69) is 79.5 Å². The molecule has 0 aliphatic rings. The largest absolute Gasteiger partial charge is 0.318 e. The lowest BCUT2D eigenvalue weighted by atomic mass is 10.0. The van der Waals surface area contributed by atoms with Crippen molar-refractivity contribution in [2.75, 3.05) is 0 Å².